The highest BCUT2D eigenvalue weighted by Crippen LogP contribution is 2.13. The van der Waals surface area contributed by atoms with Crippen molar-refractivity contribution in [2.75, 3.05) is 0 Å². The molecule has 0 saturated heterocycles. The highest BCUT2D eigenvalue weighted by Gasteiger charge is 2.00. The van der Waals surface area contributed by atoms with Crippen LogP contribution in [-0.4, -0.2) is 11.1 Å². The second kappa shape index (κ2) is 14.6. The number of hydrogen-bond acceptors (Lipinski definition) is 3. The van der Waals surface area contributed by atoms with Gasteiger partial charge in [-0.3, -0.25) is 4.79 Å². The van der Waals surface area contributed by atoms with Crippen molar-refractivity contribution >= 4 is 12.0 Å². The fourth-order valence-corrected chi connectivity index (χ4v) is 2.77. The first kappa shape index (κ1) is 21.3. The standard InChI is InChI=1S/C22H34O3/c1-2-3-4-5-6-7-8-9-10-11-12-13-22(24)25-19-18-20-14-16-21(23)17-15-20/h14-19,23H,2-13H2,1H3. The predicted octanol–water partition coefficient (Wildman–Crippen LogP) is 6.61. The lowest BCUT2D eigenvalue weighted by Crippen LogP contribution is -1.98. The third kappa shape index (κ3) is 12.3. The van der Waals surface area contributed by atoms with Gasteiger partial charge >= 0.3 is 5.97 Å². The molecule has 1 N–H and O–H groups in total. The summed E-state index contributed by atoms with van der Waals surface area (Å²) in [5.74, 6) is 0.0524. The van der Waals surface area contributed by atoms with Gasteiger partial charge in [-0.25, -0.2) is 0 Å². The summed E-state index contributed by atoms with van der Waals surface area (Å²) in [5, 5.41) is 9.19. The Bertz CT molecular complexity index is 477. The topological polar surface area (TPSA) is 46.5 Å². The molecule has 0 radical (unpaired) electrons. The number of benzene rings is 1. The van der Waals surface area contributed by atoms with Gasteiger partial charge in [0.1, 0.15) is 5.75 Å². The van der Waals surface area contributed by atoms with Gasteiger partial charge in [-0.1, -0.05) is 83.3 Å². The number of esters is 1. The highest BCUT2D eigenvalue weighted by molar-refractivity contribution is 5.70. The van der Waals surface area contributed by atoms with Crippen LogP contribution < -0.4 is 0 Å². The second-order valence-electron chi connectivity index (χ2n) is 6.67. The average Bonchev–Trinajstić information content (AvgIpc) is 2.61. The molecule has 0 bridgehead atoms. The van der Waals surface area contributed by atoms with E-state index in [4.69, 9.17) is 4.74 Å². The lowest BCUT2D eigenvalue weighted by molar-refractivity contribution is -0.138. The molecule has 1 aromatic rings. The predicted molar refractivity (Wildman–Crippen MR) is 104 cm³/mol. The van der Waals surface area contributed by atoms with Gasteiger partial charge in [0.2, 0.25) is 0 Å². The van der Waals surface area contributed by atoms with Crippen LogP contribution in [0.15, 0.2) is 30.5 Å². The Labute approximate surface area is 153 Å². The van der Waals surface area contributed by atoms with E-state index in [0.29, 0.717) is 6.42 Å². The van der Waals surface area contributed by atoms with Crippen LogP contribution in [0.1, 0.15) is 89.5 Å². The Morgan fingerprint density at radius 1 is 0.880 bits per heavy atom. The SMILES string of the molecule is CCCCCCCCCCCCCC(=O)OC=Cc1ccc(O)cc1. The van der Waals surface area contributed by atoms with E-state index in [1.54, 1.807) is 30.3 Å². The Morgan fingerprint density at radius 2 is 1.40 bits per heavy atom. The molecule has 0 aliphatic carbocycles. The minimum absolute atomic E-state index is 0.175. The molecule has 0 spiro atoms. The van der Waals surface area contributed by atoms with Crippen molar-refractivity contribution in [3.05, 3.63) is 36.1 Å². The van der Waals surface area contributed by atoms with Gasteiger partial charge in [0.15, 0.2) is 0 Å². The van der Waals surface area contributed by atoms with Crippen LogP contribution in [0.4, 0.5) is 0 Å². The molecule has 1 aromatic carbocycles. The van der Waals surface area contributed by atoms with Crippen LogP contribution in [0.5, 0.6) is 5.75 Å². The van der Waals surface area contributed by atoms with E-state index < -0.39 is 0 Å². The molecule has 25 heavy (non-hydrogen) atoms. The fraction of sp³-hybridized carbons (Fsp3) is 0.591. The van der Waals surface area contributed by atoms with Crippen LogP contribution in [0.3, 0.4) is 0 Å². The van der Waals surface area contributed by atoms with Gasteiger partial charge in [0.25, 0.3) is 0 Å². The van der Waals surface area contributed by atoms with E-state index in [2.05, 4.69) is 6.92 Å². The largest absolute Gasteiger partial charge is 0.508 e. The molecule has 1 rings (SSSR count). The normalized spacial score (nSPS) is 11.1. The van der Waals surface area contributed by atoms with Crippen molar-refractivity contribution in [2.45, 2.75) is 84.0 Å². The minimum Gasteiger partial charge on any atom is -0.508 e. The molecular formula is C22H34O3. The molecule has 0 fully saturated rings. The van der Waals surface area contributed by atoms with Crippen molar-refractivity contribution in [3.63, 3.8) is 0 Å². The number of phenols is 1. The smallest absolute Gasteiger partial charge is 0.310 e. The first-order valence-corrected chi connectivity index (χ1v) is 9.87. The molecule has 0 saturated carbocycles. The maximum absolute atomic E-state index is 11.6. The molecule has 0 amide bonds. The van der Waals surface area contributed by atoms with E-state index in [9.17, 15) is 9.90 Å². The minimum atomic E-state index is -0.175. The Balaban J connectivity index is 1.92. The molecule has 0 unspecified atom stereocenters. The van der Waals surface area contributed by atoms with E-state index in [-0.39, 0.29) is 11.7 Å². The molecule has 3 nitrogen and oxygen atoms in total. The molecule has 3 heteroatoms. The van der Waals surface area contributed by atoms with Crippen molar-refractivity contribution in [3.8, 4) is 5.75 Å². The molecular weight excluding hydrogens is 312 g/mol. The number of unbranched alkanes of at least 4 members (excludes halogenated alkanes) is 10. The number of aromatic hydroxyl groups is 1. The van der Waals surface area contributed by atoms with Gasteiger partial charge in [0.05, 0.1) is 6.26 Å². The molecule has 140 valence electrons. The quantitative estimate of drug-likeness (QED) is 0.234. The Hall–Kier alpha value is -1.77. The number of carbonyl (C=O) groups excluding carboxylic acids is 1. The zero-order chi connectivity index (χ0) is 18.2. The summed E-state index contributed by atoms with van der Waals surface area (Å²) < 4.78 is 5.09. The number of phenolic OH excluding ortho intramolecular Hbond substituents is 1. The zero-order valence-electron chi connectivity index (χ0n) is 15.7. The summed E-state index contributed by atoms with van der Waals surface area (Å²) in [6, 6.07) is 6.74. The number of rotatable bonds is 14. The van der Waals surface area contributed by atoms with E-state index >= 15 is 0 Å². The molecule has 0 aliphatic heterocycles. The number of hydrogen-bond donors (Lipinski definition) is 1. The van der Waals surface area contributed by atoms with Gasteiger partial charge < -0.3 is 9.84 Å². The van der Waals surface area contributed by atoms with E-state index in [0.717, 1.165) is 18.4 Å². The van der Waals surface area contributed by atoms with Crippen LogP contribution >= 0.6 is 0 Å². The molecule has 0 aliphatic rings. The second-order valence-corrected chi connectivity index (χ2v) is 6.67. The van der Waals surface area contributed by atoms with Gasteiger partial charge in [-0.05, 0) is 30.2 Å². The van der Waals surface area contributed by atoms with Gasteiger partial charge in [-0.2, -0.15) is 0 Å². The first-order valence-electron chi connectivity index (χ1n) is 9.87. The number of carbonyl (C=O) groups is 1. The first-order chi connectivity index (χ1) is 12.2. The lowest BCUT2D eigenvalue weighted by atomic mass is 10.1. The van der Waals surface area contributed by atoms with Crippen LogP contribution in [0.25, 0.3) is 6.08 Å². The summed E-state index contributed by atoms with van der Waals surface area (Å²) in [4.78, 5) is 11.6. The van der Waals surface area contributed by atoms with Crippen LogP contribution in [0, 0.1) is 0 Å². The fourth-order valence-electron chi connectivity index (χ4n) is 2.77. The zero-order valence-corrected chi connectivity index (χ0v) is 15.7. The Morgan fingerprint density at radius 3 is 1.96 bits per heavy atom. The summed E-state index contributed by atoms with van der Waals surface area (Å²) >= 11 is 0. The third-order valence-electron chi connectivity index (χ3n) is 4.34. The third-order valence-corrected chi connectivity index (χ3v) is 4.34. The monoisotopic (exact) mass is 346 g/mol. The summed E-state index contributed by atoms with van der Waals surface area (Å²) in [6.07, 6.45) is 17.7. The summed E-state index contributed by atoms with van der Waals surface area (Å²) in [7, 11) is 0. The van der Waals surface area contributed by atoms with E-state index in [1.807, 2.05) is 0 Å². The summed E-state index contributed by atoms with van der Waals surface area (Å²) in [6.45, 7) is 2.25. The average molecular weight is 347 g/mol. The van der Waals surface area contributed by atoms with Crippen molar-refractivity contribution in [1.29, 1.82) is 0 Å². The maximum atomic E-state index is 11.6. The van der Waals surface area contributed by atoms with E-state index in [1.165, 1.54) is 64.0 Å². The lowest BCUT2D eigenvalue weighted by Gasteiger charge is -2.02. The molecule has 0 aromatic heterocycles. The van der Waals surface area contributed by atoms with Crippen molar-refractivity contribution < 1.29 is 14.6 Å². The van der Waals surface area contributed by atoms with Gasteiger partial charge in [-0.15, -0.1) is 0 Å². The van der Waals surface area contributed by atoms with Gasteiger partial charge in [0, 0.05) is 6.42 Å². The highest BCUT2D eigenvalue weighted by atomic mass is 16.5. The van der Waals surface area contributed by atoms with Crippen molar-refractivity contribution in [2.24, 2.45) is 0 Å². The van der Waals surface area contributed by atoms with Crippen molar-refractivity contribution in [1.82, 2.24) is 0 Å². The molecule has 0 atom stereocenters. The number of ether oxygens (including phenoxy) is 1. The maximum Gasteiger partial charge on any atom is 0.310 e. The molecule has 0 heterocycles. The van der Waals surface area contributed by atoms with Crippen LogP contribution in [-0.2, 0) is 9.53 Å². The Kier molecular flexibility index (Phi) is 12.4. The summed E-state index contributed by atoms with van der Waals surface area (Å²) in [5.41, 5.74) is 0.889. The van der Waals surface area contributed by atoms with Crippen LogP contribution in [0.2, 0.25) is 0 Å².